The highest BCUT2D eigenvalue weighted by atomic mass is 16.5. The average molecular weight is 370 g/mol. The van der Waals surface area contributed by atoms with Gasteiger partial charge in [-0.3, -0.25) is 4.79 Å². The summed E-state index contributed by atoms with van der Waals surface area (Å²) < 4.78 is 4.65. The topological polar surface area (TPSA) is 87.3 Å². The van der Waals surface area contributed by atoms with Crippen LogP contribution < -0.4 is 5.32 Å². The van der Waals surface area contributed by atoms with Crippen LogP contribution in [-0.2, 0) is 16.1 Å². The summed E-state index contributed by atoms with van der Waals surface area (Å²) in [5.74, 6) is 3.02. The minimum Gasteiger partial charge on any atom is -0.453 e. The van der Waals surface area contributed by atoms with Crippen molar-refractivity contribution in [1.29, 1.82) is 0 Å². The summed E-state index contributed by atoms with van der Waals surface area (Å²) in [6, 6.07) is 4.87. The lowest BCUT2D eigenvalue weighted by atomic mass is 10.0. The number of aromatic amines is 1. The van der Waals surface area contributed by atoms with Gasteiger partial charge >= 0.3 is 6.09 Å². The van der Waals surface area contributed by atoms with Gasteiger partial charge < -0.3 is 19.9 Å². The van der Waals surface area contributed by atoms with E-state index in [4.69, 9.17) is 6.42 Å². The quantitative estimate of drug-likeness (QED) is 0.734. The Balaban J connectivity index is 2.24. The minimum absolute atomic E-state index is 0.0789. The van der Waals surface area contributed by atoms with E-state index in [0.29, 0.717) is 18.9 Å². The predicted octanol–water partition coefficient (Wildman–Crippen LogP) is 2.66. The highest BCUT2D eigenvalue weighted by Gasteiger charge is 2.29. The van der Waals surface area contributed by atoms with E-state index >= 15 is 0 Å². The van der Waals surface area contributed by atoms with Crippen LogP contribution in [0.15, 0.2) is 18.2 Å². The van der Waals surface area contributed by atoms with Gasteiger partial charge in [-0.05, 0) is 30.5 Å². The first-order chi connectivity index (χ1) is 12.9. The molecule has 2 amide bonds. The zero-order valence-corrected chi connectivity index (χ0v) is 16.2. The largest absolute Gasteiger partial charge is 0.453 e. The molecule has 7 nitrogen and oxygen atoms in total. The molecule has 0 spiro atoms. The van der Waals surface area contributed by atoms with E-state index in [-0.39, 0.29) is 11.8 Å². The van der Waals surface area contributed by atoms with Crippen molar-refractivity contribution in [1.82, 2.24) is 20.2 Å². The number of carbonyl (C=O) groups excluding carboxylic acids is 2. The highest BCUT2D eigenvalue weighted by Crippen LogP contribution is 2.16. The molecule has 0 bridgehead atoms. The Bertz CT molecular complexity index is 851. The molecule has 0 aliphatic heterocycles. The molecule has 1 atom stereocenters. The third kappa shape index (κ3) is 5.00. The molecular formula is C20H26N4O3. The van der Waals surface area contributed by atoms with Gasteiger partial charge in [-0.25, -0.2) is 9.78 Å². The second-order valence-electron chi connectivity index (χ2n) is 6.68. The third-order valence-corrected chi connectivity index (χ3v) is 4.23. The van der Waals surface area contributed by atoms with Gasteiger partial charge in [0.15, 0.2) is 0 Å². The molecule has 0 aliphatic rings. The van der Waals surface area contributed by atoms with Crippen molar-refractivity contribution in [3.8, 4) is 12.3 Å². The first-order valence-electron chi connectivity index (χ1n) is 8.98. The molecule has 1 heterocycles. The van der Waals surface area contributed by atoms with E-state index < -0.39 is 12.1 Å². The molecule has 0 fully saturated rings. The van der Waals surface area contributed by atoms with Crippen LogP contribution >= 0.6 is 0 Å². The van der Waals surface area contributed by atoms with E-state index in [1.165, 1.54) is 7.11 Å². The van der Waals surface area contributed by atoms with Crippen molar-refractivity contribution in [2.75, 3.05) is 13.7 Å². The van der Waals surface area contributed by atoms with Gasteiger partial charge in [0.2, 0.25) is 5.91 Å². The maximum Gasteiger partial charge on any atom is 0.407 e. The fourth-order valence-corrected chi connectivity index (χ4v) is 2.84. The summed E-state index contributed by atoms with van der Waals surface area (Å²) in [5, 5.41) is 2.63. The molecule has 7 heteroatoms. The molecule has 27 heavy (non-hydrogen) atoms. The normalized spacial score (nSPS) is 11.9. The van der Waals surface area contributed by atoms with Gasteiger partial charge in [-0.15, -0.1) is 6.42 Å². The molecule has 1 aromatic carbocycles. The summed E-state index contributed by atoms with van der Waals surface area (Å²) in [6.45, 7) is 6.63. The van der Waals surface area contributed by atoms with Crippen LogP contribution in [-0.4, -0.2) is 46.6 Å². The Labute approximate surface area is 159 Å². The lowest BCUT2D eigenvalue weighted by Gasteiger charge is -2.28. The van der Waals surface area contributed by atoms with Crippen molar-refractivity contribution in [2.24, 2.45) is 5.92 Å². The number of terminal acetylenes is 1. The lowest BCUT2D eigenvalue weighted by molar-refractivity contribution is -0.135. The van der Waals surface area contributed by atoms with E-state index in [1.807, 2.05) is 39.0 Å². The van der Waals surface area contributed by atoms with Crippen LogP contribution in [0.4, 0.5) is 4.79 Å². The highest BCUT2D eigenvalue weighted by molar-refractivity contribution is 5.86. The summed E-state index contributed by atoms with van der Waals surface area (Å²) in [5.41, 5.74) is 2.39. The number of hydrogen-bond acceptors (Lipinski definition) is 4. The van der Waals surface area contributed by atoms with Gasteiger partial charge in [0.25, 0.3) is 0 Å². The van der Waals surface area contributed by atoms with Crippen molar-refractivity contribution >= 4 is 23.0 Å². The number of hydrogen-bond donors (Lipinski definition) is 2. The number of alkyl carbamates (subject to hydrolysis) is 1. The van der Waals surface area contributed by atoms with Gasteiger partial charge in [0, 0.05) is 12.1 Å². The van der Waals surface area contributed by atoms with E-state index in [0.717, 1.165) is 23.0 Å². The van der Waals surface area contributed by atoms with Gasteiger partial charge in [0.05, 0.1) is 24.7 Å². The number of fused-ring (bicyclic) bond motifs is 1. The molecule has 1 aromatic heterocycles. The Morgan fingerprint density at radius 2 is 2.15 bits per heavy atom. The first kappa shape index (κ1) is 20.3. The zero-order valence-electron chi connectivity index (χ0n) is 16.2. The monoisotopic (exact) mass is 370 g/mol. The fourth-order valence-electron chi connectivity index (χ4n) is 2.84. The second-order valence-corrected chi connectivity index (χ2v) is 6.68. The zero-order chi connectivity index (χ0) is 20.0. The van der Waals surface area contributed by atoms with Crippen LogP contribution in [0.5, 0.6) is 0 Å². The van der Waals surface area contributed by atoms with Crippen LogP contribution in [0.3, 0.4) is 0 Å². The fraction of sp³-hybridized carbons (Fsp3) is 0.450. The molecule has 0 radical (unpaired) electrons. The Morgan fingerprint density at radius 1 is 1.41 bits per heavy atom. The first-order valence-corrected chi connectivity index (χ1v) is 8.98. The Kier molecular flexibility index (Phi) is 6.83. The van der Waals surface area contributed by atoms with E-state index in [2.05, 4.69) is 25.9 Å². The molecule has 0 saturated heterocycles. The number of aromatic nitrogens is 2. The maximum atomic E-state index is 13.0. The number of nitrogens with zero attached hydrogens (tertiary/aromatic N) is 2. The summed E-state index contributed by atoms with van der Waals surface area (Å²) in [7, 11) is 1.28. The number of amides is 2. The standard InChI is InChI=1S/C20H26N4O3/c1-6-10-24(19(25)18(13(3)4)23-20(26)27-5)12-17-21-15-9-8-14(7-2)11-16(15)22-17/h2,8-9,11,13,18H,6,10,12H2,1,3-5H3,(H,21,22)(H,23,26)/t18-/m0/s1. The number of nitrogens with one attached hydrogen (secondary N) is 2. The van der Waals surface area contributed by atoms with Crippen LogP contribution in [0.2, 0.25) is 0 Å². The van der Waals surface area contributed by atoms with Crippen molar-refractivity contribution in [2.45, 2.75) is 39.8 Å². The summed E-state index contributed by atoms with van der Waals surface area (Å²) >= 11 is 0. The van der Waals surface area contributed by atoms with Gasteiger partial charge in [0.1, 0.15) is 11.9 Å². The average Bonchev–Trinajstić information content (AvgIpc) is 3.06. The van der Waals surface area contributed by atoms with Crippen LogP contribution in [0.25, 0.3) is 11.0 Å². The number of imidazole rings is 1. The maximum absolute atomic E-state index is 13.0. The van der Waals surface area contributed by atoms with Crippen molar-refractivity contribution in [3.63, 3.8) is 0 Å². The smallest absolute Gasteiger partial charge is 0.407 e. The molecule has 2 N–H and O–H groups in total. The molecule has 2 rings (SSSR count). The number of carbonyl (C=O) groups is 2. The molecular weight excluding hydrogens is 344 g/mol. The number of H-pyrrole nitrogens is 1. The summed E-state index contributed by atoms with van der Waals surface area (Å²) in [6.07, 6.45) is 5.61. The molecule has 2 aromatic rings. The van der Waals surface area contributed by atoms with Crippen molar-refractivity contribution in [3.05, 3.63) is 29.6 Å². The molecule has 144 valence electrons. The predicted molar refractivity (Wildman–Crippen MR) is 104 cm³/mol. The molecule has 0 aliphatic carbocycles. The van der Waals surface area contributed by atoms with Crippen LogP contribution in [0, 0.1) is 18.3 Å². The number of benzene rings is 1. The minimum atomic E-state index is -0.665. The molecule has 0 unspecified atom stereocenters. The van der Waals surface area contributed by atoms with Gasteiger partial charge in [-0.1, -0.05) is 26.7 Å². The number of methoxy groups -OCH3 is 1. The second kappa shape index (κ2) is 9.08. The SMILES string of the molecule is C#Cc1ccc2nc(CN(CCC)C(=O)[C@@H](NC(=O)OC)C(C)C)[nH]c2c1. The molecule has 0 saturated carbocycles. The Morgan fingerprint density at radius 3 is 2.74 bits per heavy atom. The lowest BCUT2D eigenvalue weighted by Crippen LogP contribution is -2.51. The number of rotatable bonds is 7. The van der Waals surface area contributed by atoms with E-state index in [9.17, 15) is 9.59 Å². The van der Waals surface area contributed by atoms with Crippen LogP contribution in [0.1, 0.15) is 38.6 Å². The Hall–Kier alpha value is -3.01. The van der Waals surface area contributed by atoms with E-state index in [1.54, 1.807) is 4.90 Å². The number of ether oxygens (including phenoxy) is 1. The summed E-state index contributed by atoms with van der Waals surface area (Å²) in [4.78, 5) is 34.1. The van der Waals surface area contributed by atoms with Crippen molar-refractivity contribution < 1.29 is 14.3 Å². The third-order valence-electron chi connectivity index (χ3n) is 4.23. The van der Waals surface area contributed by atoms with Gasteiger partial charge in [-0.2, -0.15) is 0 Å².